The highest BCUT2D eigenvalue weighted by atomic mass is 32.1. The van der Waals surface area contributed by atoms with Gasteiger partial charge in [0, 0.05) is 12.1 Å². The number of halogens is 2. The Bertz CT molecular complexity index is 499. The van der Waals surface area contributed by atoms with E-state index in [2.05, 4.69) is 12.2 Å². The van der Waals surface area contributed by atoms with Crippen LogP contribution in [0.15, 0.2) is 12.1 Å². The van der Waals surface area contributed by atoms with E-state index in [0.717, 1.165) is 18.6 Å². The Kier molecular flexibility index (Phi) is 5.82. The normalized spacial score (nSPS) is 10.3. The van der Waals surface area contributed by atoms with Gasteiger partial charge in [0.05, 0.1) is 6.54 Å². The number of amides is 1. The summed E-state index contributed by atoms with van der Waals surface area (Å²) < 4.78 is 28.1. The Hall–Kier alpha value is -1.76. The third-order valence-corrected chi connectivity index (χ3v) is 2.98. The maximum atomic E-state index is 14.1. The number of rotatable bonds is 7. The molecule has 4 N–H and O–H groups in total. The van der Waals surface area contributed by atoms with Gasteiger partial charge in [-0.05, 0) is 18.6 Å². The molecule has 1 aromatic rings. The zero-order valence-electron chi connectivity index (χ0n) is 11.2. The minimum absolute atomic E-state index is 0.0932. The summed E-state index contributed by atoms with van der Waals surface area (Å²) in [5.74, 6) is -2.28. The monoisotopic (exact) mass is 301 g/mol. The van der Waals surface area contributed by atoms with Crippen LogP contribution in [0.2, 0.25) is 0 Å². The van der Waals surface area contributed by atoms with Crippen molar-refractivity contribution in [2.75, 3.05) is 18.0 Å². The minimum atomic E-state index is -0.815. The molecule has 0 saturated carbocycles. The van der Waals surface area contributed by atoms with Crippen molar-refractivity contribution < 1.29 is 13.6 Å². The molecule has 1 amide bonds. The maximum absolute atomic E-state index is 14.1. The van der Waals surface area contributed by atoms with Crippen molar-refractivity contribution in [2.45, 2.75) is 19.8 Å². The quantitative estimate of drug-likeness (QED) is 0.752. The van der Waals surface area contributed by atoms with Crippen LogP contribution in [0.5, 0.6) is 0 Å². The topological polar surface area (TPSA) is 72.3 Å². The molecule has 110 valence electrons. The molecule has 4 nitrogen and oxygen atoms in total. The van der Waals surface area contributed by atoms with Crippen LogP contribution in [0.4, 0.5) is 14.5 Å². The van der Waals surface area contributed by atoms with E-state index in [1.54, 1.807) is 0 Å². The van der Waals surface area contributed by atoms with E-state index in [0.29, 0.717) is 13.0 Å². The number of nitrogens with two attached hydrogens (primary N) is 2. The molecule has 0 fully saturated rings. The Balaban J connectivity index is 3.18. The van der Waals surface area contributed by atoms with Crippen LogP contribution in [-0.2, 0) is 4.79 Å². The summed E-state index contributed by atoms with van der Waals surface area (Å²) in [6, 6.07) is 2.11. The zero-order valence-corrected chi connectivity index (χ0v) is 12.0. The van der Waals surface area contributed by atoms with Gasteiger partial charge in [0.1, 0.15) is 22.3 Å². The maximum Gasteiger partial charge on any atom is 0.236 e. The zero-order chi connectivity index (χ0) is 15.3. The van der Waals surface area contributed by atoms with Gasteiger partial charge < -0.3 is 16.4 Å². The van der Waals surface area contributed by atoms with Crippen molar-refractivity contribution in [3.8, 4) is 0 Å². The molecule has 0 aliphatic carbocycles. The number of carbonyl (C=O) groups is 1. The molecule has 0 radical (unpaired) electrons. The first-order valence-electron chi connectivity index (χ1n) is 6.18. The van der Waals surface area contributed by atoms with Crippen molar-refractivity contribution >= 4 is 28.8 Å². The standard InChI is InChI=1S/C13H17F2N3OS/c1-2-3-4-18(7-11(16)19)12-9(14)5-8(13(17)20)6-10(12)15/h5-6H,2-4,7H2,1H3,(H2,16,19)(H2,17,20). The second-order valence-corrected chi connectivity index (χ2v) is 4.83. The lowest BCUT2D eigenvalue weighted by molar-refractivity contribution is -0.116. The average molecular weight is 301 g/mol. The van der Waals surface area contributed by atoms with Crippen molar-refractivity contribution in [1.29, 1.82) is 0 Å². The molecule has 0 saturated heterocycles. The first kappa shape index (κ1) is 16.3. The van der Waals surface area contributed by atoms with Crippen LogP contribution < -0.4 is 16.4 Å². The number of nitrogens with zero attached hydrogens (tertiary/aromatic N) is 1. The van der Waals surface area contributed by atoms with Gasteiger partial charge in [0.15, 0.2) is 0 Å². The lowest BCUT2D eigenvalue weighted by Crippen LogP contribution is -2.35. The van der Waals surface area contributed by atoms with Gasteiger partial charge in [-0.1, -0.05) is 25.6 Å². The molecule has 0 aliphatic rings. The Morgan fingerprint density at radius 1 is 1.30 bits per heavy atom. The molecule has 7 heteroatoms. The Morgan fingerprint density at radius 2 is 1.85 bits per heavy atom. The van der Waals surface area contributed by atoms with Crippen LogP contribution >= 0.6 is 12.2 Å². The fourth-order valence-corrected chi connectivity index (χ4v) is 1.93. The molecule has 1 rings (SSSR count). The highest BCUT2D eigenvalue weighted by Gasteiger charge is 2.19. The summed E-state index contributed by atoms with van der Waals surface area (Å²) in [6.07, 6.45) is 1.51. The van der Waals surface area contributed by atoms with Gasteiger partial charge in [0.25, 0.3) is 0 Å². The largest absolute Gasteiger partial charge is 0.389 e. The van der Waals surface area contributed by atoms with Gasteiger partial charge in [-0.25, -0.2) is 8.78 Å². The van der Waals surface area contributed by atoms with Gasteiger partial charge in [-0.2, -0.15) is 0 Å². The number of primary amides is 1. The van der Waals surface area contributed by atoms with Gasteiger partial charge in [0.2, 0.25) is 5.91 Å². The Morgan fingerprint density at radius 3 is 2.25 bits per heavy atom. The third kappa shape index (κ3) is 4.12. The smallest absolute Gasteiger partial charge is 0.236 e. The van der Waals surface area contributed by atoms with Crippen molar-refractivity contribution in [3.05, 3.63) is 29.3 Å². The van der Waals surface area contributed by atoms with E-state index in [1.807, 2.05) is 6.92 Å². The lowest BCUT2D eigenvalue weighted by atomic mass is 10.1. The molecular formula is C13H17F2N3OS. The number of anilines is 1. The first-order valence-corrected chi connectivity index (χ1v) is 6.59. The van der Waals surface area contributed by atoms with Gasteiger partial charge in [-0.3, -0.25) is 4.79 Å². The van der Waals surface area contributed by atoms with Crippen LogP contribution in [-0.4, -0.2) is 24.0 Å². The number of benzene rings is 1. The summed E-state index contributed by atoms with van der Waals surface area (Å²) in [5, 5.41) is 0. The fraction of sp³-hybridized carbons (Fsp3) is 0.385. The second-order valence-electron chi connectivity index (χ2n) is 4.39. The molecule has 1 aromatic carbocycles. The molecule has 20 heavy (non-hydrogen) atoms. The molecule has 0 aliphatic heterocycles. The van der Waals surface area contributed by atoms with E-state index in [9.17, 15) is 13.6 Å². The summed E-state index contributed by atoms with van der Waals surface area (Å²) in [5.41, 5.74) is 10.3. The van der Waals surface area contributed by atoms with Crippen molar-refractivity contribution in [2.24, 2.45) is 11.5 Å². The molecule has 0 bridgehead atoms. The van der Waals surface area contributed by atoms with Crippen molar-refractivity contribution in [1.82, 2.24) is 0 Å². The SMILES string of the molecule is CCCCN(CC(N)=O)c1c(F)cc(C(N)=S)cc1F. The van der Waals surface area contributed by atoms with Crippen LogP contribution in [0.3, 0.4) is 0 Å². The summed E-state index contributed by atoms with van der Waals surface area (Å²) in [4.78, 5) is 12.2. The summed E-state index contributed by atoms with van der Waals surface area (Å²) >= 11 is 4.69. The predicted octanol–water partition coefficient (Wildman–Crippen LogP) is 1.69. The summed E-state index contributed by atoms with van der Waals surface area (Å²) in [6.45, 7) is 2.02. The van der Waals surface area contributed by atoms with E-state index in [-0.39, 0.29) is 22.8 Å². The summed E-state index contributed by atoms with van der Waals surface area (Å²) in [7, 11) is 0. The molecular weight excluding hydrogens is 284 g/mol. The highest BCUT2D eigenvalue weighted by Crippen LogP contribution is 2.25. The molecule has 0 atom stereocenters. The van der Waals surface area contributed by atoms with E-state index in [1.165, 1.54) is 4.90 Å². The third-order valence-electron chi connectivity index (χ3n) is 2.75. The van der Waals surface area contributed by atoms with E-state index < -0.39 is 17.5 Å². The van der Waals surface area contributed by atoms with Crippen molar-refractivity contribution in [3.63, 3.8) is 0 Å². The second kappa shape index (κ2) is 7.14. The van der Waals surface area contributed by atoms with E-state index >= 15 is 0 Å². The number of hydrogen-bond acceptors (Lipinski definition) is 3. The fourth-order valence-electron chi connectivity index (χ4n) is 1.82. The first-order chi connectivity index (χ1) is 9.36. The average Bonchev–Trinajstić information content (AvgIpc) is 2.33. The number of unbranched alkanes of at least 4 members (excludes halogenated alkanes) is 1. The van der Waals surface area contributed by atoms with E-state index in [4.69, 9.17) is 11.5 Å². The minimum Gasteiger partial charge on any atom is -0.389 e. The van der Waals surface area contributed by atoms with Crippen LogP contribution in [0.25, 0.3) is 0 Å². The highest BCUT2D eigenvalue weighted by molar-refractivity contribution is 7.80. The molecule has 0 aromatic heterocycles. The van der Waals surface area contributed by atoms with Gasteiger partial charge in [-0.15, -0.1) is 0 Å². The van der Waals surface area contributed by atoms with Crippen LogP contribution in [0, 0.1) is 11.6 Å². The lowest BCUT2D eigenvalue weighted by Gasteiger charge is -2.24. The van der Waals surface area contributed by atoms with Crippen LogP contribution in [0.1, 0.15) is 25.3 Å². The molecule has 0 heterocycles. The van der Waals surface area contributed by atoms with Gasteiger partial charge >= 0.3 is 0 Å². The Labute approximate surface area is 121 Å². The molecule has 0 unspecified atom stereocenters. The molecule has 0 spiro atoms. The number of hydrogen-bond donors (Lipinski definition) is 2. The number of carbonyl (C=O) groups excluding carboxylic acids is 1. The number of thiocarbonyl (C=S) groups is 1. The predicted molar refractivity (Wildman–Crippen MR) is 78.6 cm³/mol.